The van der Waals surface area contributed by atoms with E-state index < -0.39 is 0 Å². The quantitative estimate of drug-likeness (QED) is 0.602. The highest BCUT2D eigenvalue weighted by Gasteiger charge is 2.20. The molecule has 1 aliphatic rings. The average Bonchev–Trinajstić information content (AvgIpc) is 3.39. The molecule has 2 rings (SSSR count). The molecule has 0 heterocycles. The van der Waals surface area contributed by atoms with Gasteiger partial charge in [-0.05, 0) is 55.9 Å². The minimum atomic E-state index is -0.153. The number of carbonyl (C=O) groups excluding carboxylic acids is 2. The molecule has 2 N–H and O–H groups in total. The van der Waals surface area contributed by atoms with E-state index in [1.807, 2.05) is 0 Å². The lowest BCUT2D eigenvalue weighted by atomic mass is 10.2. The van der Waals surface area contributed by atoms with Crippen molar-refractivity contribution in [2.45, 2.75) is 32.1 Å². The summed E-state index contributed by atoms with van der Waals surface area (Å²) in [7, 11) is 0. The second-order valence-electron chi connectivity index (χ2n) is 6.09. The van der Waals surface area contributed by atoms with Gasteiger partial charge in [-0.15, -0.1) is 0 Å². The van der Waals surface area contributed by atoms with Crippen LogP contribution in [-0.4, -0.2) is 38.1 Å². The van der Waals surface area contributed by atoms with E-state index in [1.54, 1.807) is 24.3 Å². The summed E-state index contributed by atoms with van der Waals surface area (Å²) in [5.74, 6) is 0.639. The molecule has 0 radical (unpaired) electrons. The van der Waals surface area contributed by atoms with Gasteiger partial charge in [-0.2, -0.15) is 0 Å². The van der Waals surface area contributed by atoms with Crippen molar-refractivity contribution in [3.8, 4) is 0 Å². The second kappa shape index (κ2) is 10.3. The highest BCUT2D eigenvalue weighted by Crippen LogP contribution is 2.28. The Hall–Kier alpha value is -1.59. The van der Waals surface area contributed by atoms with E-state index in [2.05, 4.69) is 10.6 Å². The minimum absolute atomic E-state index is 0.0120. The topological polar surface area (TPSA) is 67.4 Å². The zero-order valence-electron chi connectivity index (χ0n) is 13.9. The van der Waals surface area contributed by atoms with Crippen molar-refractivity contribution in [2.24, 2.45) is 5.92 Å². The molecule has 6 heteroatoms. The van der Waals surface area contributed by atoms with E-state index >= 15 is 0 Å². The number of nitrogens with one attached hydrogen (secondary N) is 2. The van der Waals surface area contributed by atoms with Crippen LogP contribution < -0.4 is 10.6 Å². The Kier molecular flexibility index (Phi) is 8.05. The van der Waals surface area contributed by atoms with Crippen molar-refractivity contribution >= 4 is 23.4 Å². The van der Waals surface area contributed by atoms with Gasteiger partial charge in [-0.25, -0.2) is 0 Å². The molecule has 1 aromatic rings. The van der Waals surface area contributed by atoms with Crippen molar-refractivity contribution in [2.75, 3.05) is 26.3 Å². The number of hydrogen-bond acceptors (Lipinski definition) is 3. The summed E-state index contributed by atoms with van der Waals surface area (Å²) in [6.45, 7) is 2.68. The van der Waals surface area contributed by atoms with Crippen LogP contribution in [0.15, 0.2) is 24.3 Å². The maximum atomic E-state index is 11.9. The van der Waals surface area contributed by atoms with E-state index in [0.717, 1.165) is 18.9 Å². The number of benzene rings is 1. The van der Waals surface area contributed by atoms with Crippen LogP contribution in [0, 0.1) is 5.92 Å². The van der Waals surface area contributed by atoms with Crippen LogP contribution in [0.3, 0.4) is 0 Å². The van der Waals surface area contributed by atoms with Crippen LogP contribution in [0.4, 0.5) is 0 Å². The van der Waals surface area contributed by atoms with Gasteiger partial charge in [0.15, 0.2) is 0 Å². The Labute approximate surface area is 148 Å². The molecule has 132 valence electrons. The van der Waals surface area contributed by atoms with Crippen LogP contribution >= 0.6 is 11.6 Å². The first-order valence-electron chi connectivity index (χ1n) is 8.53. The van der Waals surface area contributed by atoms with Crippen molar-refractivity contribution in [1.82, 2.24) is 10.6 Å². The highest BCUT2D eigenvalue weighted by molar-refractivity contribution is 6.30. The van der Waals surface area contributed by atoms with Gasteiger partial charge in [0.05, 0.1) is 0 Å². The minimum Gasteiger partial charge on any atom is -0.381 e. The fraction of sp³-hybridized carbons (Fsp3) is 0.556. The van der Waals surface area contributed by atoms with Gasteiger partial charge in [-0.1, -0.05) is 11.6 Å². The summed E-state index contributed by atoms with van der Waals surface area (Å²) in [6, 6.07) is 6.71. The average molecular weight is 353 g/mol. The van der Waals surface area contributed by atoms with E-state index in [0.29, 0.717) is 43.1 Å². The molecule has 1 aromatic carbocycles. The zero-order valence-corrected chi connectivity index (χ0v) is 14.6. The first-order chi connectivity index (χ1) is 11.6. The molecule has 0 spiro atoms. The predicted molar refractivity (Wildman–Crippen MR) is 94.2 cm³/mol. The summed E-state index contributed by atoms with van der Waals surface area (Å²) >= 11 is 5.78. The van der Waals surface area contributed by atoms with Gasteiger partial charge in [0, 0.05) is 43.3 Å². The smallest absolute Gasteiger partial charge is 0.251 e. The fourth-order valence-electron chi connectivity index (χ4n) is 2.18. The first-order valence-corrected chi connectivity index (χ1v) is 8.91. The third-order valence-electron chi connectivity index (χ3n) is 3.81. The van der Waals surface area contributed by atoms with Crippen LogP contribution in [0.2, 0.25) is 5.02 Å². The van der Waals surface area contributed by atoms with E-state index in [-0.39, 0.29) is 11.8 Å². The number of hydrogen-bond donors (Lipinski definition) is 2. The lowest BCUT2D eigenvalue weighted by Crippen LogP contribution is -2.28. The van der Waals surface area contributed by atoms with E-state index in [4.69, 9.17) is 16.3 Å². The predicted octanol–water partition coefficient (Wildman–Crippen LogP) is 2.78. The van der Waals surface area contributed by atoms with Crippen LogP contribution in [0.1, 0.15) is 42.5 Å². The molecule has 0 saturated heterocycles. The number of ether oxygens (including phenoxy) is 1. The van der Waals surface area contributed by atoms with Crippen molar-refractivity contribution in [3.05, 3.63) is 34.9 Å². The van der Waals surface area contributed by atoms with Crippen molar-refractivity contribution in [1.29, 1.82) is 0 Å². The Morgan fingerprint density at radius 1 is 1.08 bits per heavy atom. The Morgan fingerprint density at radius 3 is 2.50 bits per heavy atom. The third-order valence-corrected chi connectivity index (χ3v) is 4.06. The highest BCUT2D eigenvalue weighted by atomic mass is 35.5. The molecular formula is C18H25ClN2O3. The van der Waals surface area contributed by atoms with Crippen molar-refractivity contribution in [3.63, 3.8) is 0 Å². The lowest BCUT2D eigenvalue weighted by molar-refractivity contribution is -0.121. The summed E-state index contributed by atoms with van der Waals surface area (Å²) in [6.07, 6.45) is 4.45. The number of carbonyl (C=O) groups is 2. The molecule has 1 saturated carbocycles. The molecule has 0 bridgehead atoms. The Morgan fingerprint density at radius 2 is 1.79 bits per heavy atom. The maximum absolute atomic E-state index is 11.9. The molecule has 2 amide bonds. The van der Waals surface area contributed by atoms with Gasteiger partial charge in [0.2, 0.25) is 5.91 Å². The monoisotopic (exact) mass is 352 g/mol. The molecular weight excluding hydrogens is 328 g/mol. The summed E-state index contributed by atoms with van der Waals surface area (Å²) in [4.78, 5) is 23.5. The molecule has 0 aliphatic heterocycles. The number of rotatable bonds is 11. The fourth-order valence-corrected chi connectivity index (χ4v) is 2.31. The van der Waals surface area contributed by atoms with E-state index in [9.17, 15) is 9.59 Å². The van der Waals surface area contributed by atoms with Gasteiger partial charge in [-0.3, -0.25) is 9.59 Å². The molecule has 24 heavy (non-hydrogen) atoms. The SMILES string of the molecule is O=C(CCCNC(=O)c1ccc(Cl)cc1)NCCCOCC1CC1. The largest absolute Gasteiger partial charge is 0.381 e. The van der Waals surface area contributed by atoms with Gasteiger partial charge in [0.1, 0.15) is 0 Å². The molecule has 1 fully saturated rings. The second-order valence-corrected chi connectivity index (χ2v) is 6.52. The van der Waals surface area contributed by atoms with Crippen LogP contribution in [0.25, 0.3) is 0 Å². The number of amides is 2. The normalized spacial score (nSPS) is 13.5. The Bertz CT molecular complexity index is 530. The standard InChI is InChI=1S/C18H25ClN2O3/c19-16-8-6-15(7-9-16)18(23)21-10-1-3-17(22)20-11-2-12-24-13-14-4-5-14/h6-9,14H,1-5,10-13H2,(H,20,22)(H,21,23). The molecule has 0 atom stereocenters. The van der Waals surface area contributed by atoms with Gasteiger partial charge < -0.3 is 15.4 Å². The number of halogens is 1. The maximum Gasteiger partial charge on any atom is 0.251 e. The summed E-state index contributed by atoms with van der Waals surface area (Å²) in [5.41, 5.74) is 0.565. The molecule has 0 aromatic heterocycles. The first kappa shape index (κ1) is 18.7. The Balaban J connectivity index is 1.45. The summed E-state index contributed by atoms with van der Waals surface area (Å²) in [5, 5.41) is 6.26. The zero-order chi connectivity index (χ0) is 17.2. The van der Waals surface area contributed by atoms with Crippen LogP contribution in [-0.2, 0) is 9.53 Å². The van der Waals surface area contributed by atoms with Crippen LogP contribution in [0.5, 0.6) is 0 Å². The lowest BCUT2D eigenvalue weighted by Gasteiger charge is -2.07. The molecule has 5 nitrogen and oxygen atoms in total. The van der Waals surface area contributed by atoms with E-state index in [1.165, 1.54) is 12.8 Å². The molecule has 1 aliphatic carbocycles. The van der Waals surface area contributed by atoms with Crippen molar-refractivity contribution < 1.29 is 14.3 Å². The molecule has 0 unspecified atom stereocenters. The third kappa shape index (κ3) is 7.79. The van der Waals surface area contributed by atoms with Gasteiger partial charge in [0.25, 0.3) is 5.91 Å². The summed E-state index contributed by atoms with van der Waals surface area (Å²) < 4.78 is 5.51. The van der Waals surface area contributed by atoms with Gasteiger partial charge >= 0.3 is 0 Å².